The van der Waals surface area contributed by atoms with Gasteiger partial charge in [0.25, 0.3) is 0 Å². The molecule has 3 aromatic rings. The first kappa shape index (κ1) is 15.7. The standard InChI is InChI=1S/C21H23NSi/c1-16-10-8-9-13-18(16)19-15-22-20(14-21(19)23(2,3)4)17-11-6-5-7-12-17/h5-15H,1-4H3. The molecule has 0 spiro atoms. The van der Waals surface area contributed by atoms with Gasteiger partial charge in [-0.3, -0.25) is 4.98 Å². The number of benzene rings is 2. The zero-order valence-corrected chi connectivity index (χ0v) is 15.3. The maximum atomic E-state index is 4.76. The lowest BCUT2D eigenvalue weighted by Crippen LogP contribution is -2.39. The zero-order valence-electron chi connectivity index (χ0n) is 14.3. The molecule has 0 atom stereocenters. The van der Waals surface area contributed by atoms with Crippen LogP contribution in [0.1, 0.15) is 5.56 Å². The minimum atomic E-state index is -1.49. The van der Waals surface area contributed by atoms with E-state index in [0.717, 1.165) is 5.69 Å². The third-order valence-electron chi connectivity index (χ3n) is 4.22. The summed E-state index contributed by atoms with van der Waals surface area (Å²) in [6, 6.07) is 21.3. The Balaban J connectivity index is 2.21. The summed E-state index contributed by atoms with van der Waals surface area (Å²) in [5.74, 6) is 0. The Morgan fingerprint density at radius 3 is 2.09 bits per heavy atom. The molecule has 116 valence electrons. The fourth-order valence-corrected chi connectivity index (χ4v) is 4.51. The Kier molecular flexibility index (Phi) is 4.18. The van der Waals surface area contributed by atoms with Gasteiger partial charge < -0.3 is 0 Å². The van der Waals surface area contributed by atoms with Crippen LogP contribution >= 0.6 is 0 Å². The highest BCUT2D eigenvalue weighted by Gasteiger charge is 2.22. The predicted molar refractivity (Wildman–Crippen MR) is 103 cm³/mol. The third kappa shape index (κ3) is 3.27. The lowest BCUT2D eigenvalue weighted by molar-refractivity contribution is 1.32. The van der Waals surface area contributed by atoms with Crippen LogP contribution in [-0.4, -0.2) is 13.1 Å². The van der Waals surface area contributed by atoms with Gasteiger partial charge in [0.05, 0.1) is 13.8 Å². The molecule has 0 aliphatic heterocycles. The maximum Gasteiger partial charge on any atom is 0.0785 e. The molecule has 0 saturated carbocycles. The molecular weight excluding hydrogens is 294 g/mol. The van der Waals surface area contributed by atoms with E-state index in [0.29, 0.717) is 0 Å². The Morgan fingerprint density at radius 2 is 1.43 bits per heavy atom. The molecule has 0 aliphatic carbocycles. The Hall–Kier alpha value is -2.19. The molecular formula is C21H23NSi. The number of nitrogens with zero attached hydrogens (tertiary/aromatic N) is 1. The number of pyridine rings is 1. The van der Waals surface area contributed by atoms with E-state index >= 15 is 0 Å². The van der Waals surface area contributed by atoms with E-state index in [-0.39, 0.29) is 0 Å². The quantitative estimate of drug-likeness (QED) is 0.600. The summed E-state index contributed by atoms with van der Waals surface area (Å²) in [5, 5.41) is 1.47. The van der Waals surface area contributed by atoms with Crippen molar-refractivity contribution < 1.29 is 0 Å². The minimum Gasteiger partial charge on any atom is -0.256 e. The molecule has 0 aliphatic rings. The fraction of sp³-hybridized carbons (Fsp3) is 0.190. The molecule has 0 N–H and O–H groups in total. The van der Waals surface area contributed by atoms with Crippen LogP contribution in [0.5, 0.6) is 0 Å². The number of rotatable bonds is 3. The van der Waals surface area contributed by atoms with Crippen LogP contribution in [0.25, 0.3) is 22.4 Å². The lowest BCUT2D eigenvalue weighted by atomic mass is 10.0. The van der Waals surface area contributed by atoms with Crippen molar-refractivity contribution in [2.45, 2.75) is 26.6 Å². The summed E-state index contributed by atoms with van der Waals surface area (Å²) in [6.45, 7) is 9.38. The highest BCUT2D eigenvalue weighted by atomic mass is 28.3. The van der Waals surface area contributed by atoms with Crippen molar-refractivity contribution in [1.29, 1.82) is 0 Å². The van der Waals surface area contributed by atoms with Crippen molar-refractivity contribution in [2.24, 2.45) is 0 Å². The predicted octanol–water partition coefficient (Wildman–Crippen LogP) is 5.27. The van der Waals surface area contributed by atoms with Gasteiger partial charge in [-0.05, 0) is 34.9 Å². The number of aromatic nitrogens is 1. The van der Waals surface area contributed by atoms with E-state index in [1.54, 1.807) is 0 Å². The van der Waals surface area contributed by atoms with Gasteiger partial charge >= 0.3 is 0 Å². The molecule has 2 heteroatoms. The minimum absolute atomic E-state index is 1.07. The van der Waals surface area contributed by atoms with Gasteiger partial charge in [-0.1, -0.05) is 74.2 Å². The normalized spacial score (nSPS) is 11.5. The van der Waals surface area contributed by atoms with Crippen LogP contribution in [0.2, 0.25) is 19.6 Å². The number of hydrogen-bond acceptors (Lipinski definition) is 1. The van der Waals surface area contributed by atoms with Crippen molar-refractivity contribution in [2.75, 3.05) is 0 Å². The summed E-state index contributed by atoms with van der Waals surface area (Å²) in [4.78, 5) is 4.76. The van der Waals surface area contributed by atoms with Gasteiger partial charge in [-0.2, -0.15) is 0 Å². The Labute approximate surface area is 140 Å². The van der Waals surface area contributed by atoms with E-state index < -0.39 is 8.07 Å². The summed E-state index contributed by atoms with van der Waals surface area (Å²) in [7, 11) is -1.49. The fourth-order valence-electron chi connectivity index (χ4n) is 2.93. The van der Waals surface area contributed by atoms with Gasteiger partial charge in [0.1, 0.15) is 0 Å². The summed E-state index contributed by atoms with van der Waals surface area (Å²) in [6.07, 6.45) is 2.07. The van der Waals surface area contributed by atoms with Crippen molar-refractivity contribution in [3.8, 4) is 22.4 Å². The van der Waals surface area contributed by atoms with Gasteiger partial charge in [0.15, 0.2) is 0 Å². The smallest absolute Gasteiger partial charge is 0.0785 e. The van der Waals surface area contributed by atoms with Crippen LogP contribution in [0.15, 0.2) is 66.9 Å². The first-order chi connectivity index (χ1) is 11.0. The molecule has 1 aromatic heterocycles. The van der Waals surface area contributed by atoms with Crippen LogP contribution in [0, 0.1) is 6.92 Å². The SMILES string of the molecule is Cc1ccccc1-c1cnc(-c2ccccc2)cc1[Si](C)(C)C. The molecule has 0 amide bonds. The molecule has 0 fully saturated rings. The van der Waals surface area contributed by atoms with Crippen molar-refractivity contribution >= 4 is 13.3 Å². The van der Waals surface area contributed by atoms with E-state index in [1.807, 2.05) is 6.07 Å². The number of aryl methyl sites for hydroxylation is 1. The molecule has 0 saturated heterocycles. The molecule has 23 heavy (non-hydrogen) atoms. The topological polar surface area (TPSA) is 12.9 Å². The number of hydrogen-bond donors (Lipinski definition) is 0. The average Bonchev–Trinajstić information content (AvgIpc) is 2.55. The van der Waals surface area contributed by atoms with Crippen molar-refractivity contribution in [3.63, 3.8) is 0 Å². The molecule has 1 nitrogen and oxygen atoms in total. The van der Waals surface area contributed by atoms with E-state index in [1.165, 1.54) is 27.4 Å². The second-order valence-corrected chi connectivity index (χ2v) is 12.1. The Bertz CT molecular complexity index is 817. The molecule has 0 bridgehead atoms. The first-order valence-corrected chi connectivity index (χ1v) is 11.6. The monoisotopic (exact) mass is 317 g/mol. The Morgan fingerprint density at radius 1 is 0.783 bits per heavy atom. The van der Waals surface area contributed by atoms with Crippen LogP contribution in [0.4, 0.5) is 0 Å². The highest BCUT2D eigenvalue weighted by Crippen LogP contribution is 2.26. The zero-order chi connectivity index (χ0) is 16.4. The van der Waals surface area contributed by atoms with Crippen LogP contribution in [-0.2, 0) is 0 Å². The summed E-state index contributed by atoms with van der Waals surface area (Å²) < 4.78 is 0. The average molecular weight is 318 g/mol. The largest absolute Gasteiger partial charge is 0.256 e. The van der Waals surface area contributed by atoms with Gasteiger partial charge in [-0.15, -0.1) is 0 Å². The maximum absolute atomic E-state index is 4.76. The molecule has 0 radical (unpaired) electrons. The summed E-state index contributed by atoms with van der Waals surface area (Å²) in [5.41, 5.74) is 6.16. The van der Waals surface area contributed by atoms with Crippen molar-refractivity contribution in [3.05, 3.63) is 72.4 Å². The molecule has 1 heterocycles. The van der Waals surface area contributed by atoms with E-state index in [2.05, 4.69) is 87.4 Å². The van der Waals surface area contributed by atoms with Gasteiger partial charge in [0.2, 0.25) is 0 Å². The van der Waals surface area contributed by atoms with Crippen molar-refractivity contribution in [1.82, 2.24) is 4.98 Å². The van der Waals surface area contributed by atoms with Crippen LogP contribution < -0.4 is 5.19 Å². The molecule has 2 aromatic carbocycles. The molecule has 3 rings (SSSR count). The first-order valence-electron chi connectivity index (χ1n) is 8.09. The lowest BCUT2D eigenvalue weighted by Gasteiger charge is -2.22. The summed E-state index contributed by atoms with van der Waals surface area (Å²) >= 11 is 0. The van der Waals surface area contributed by atoms with Gasteiger partial charge in [-0.25, -0.2) is 0 Å². The highest BCUT2D eigenvalue weighted by molar-refractivity contribution is 6.89. The van der Waals surface area contributed by atoms with Gasteiger partial charge in [0, 0.05) is 11.8 Å². The molecule has 0 unspecified atom stereocenters. The van der Waals surface area contributed by atoms with E-state index in [4.69, 9.17) is 4.98 Å². The second-order valence-electron chi connectivity index (χ2n) is 7.05. The van der Waals surface area contributed by atoms with Crippen LogP contribution in [0.3, 0.4) is 0 Å². The third-order valence-corrected chi connectivity index (χ3v) is 6.25. The second kappa shape index (κ2) is 6.13. The van der Waals surface area contributed by atoms with E-state index in [9.17, 15) is 0 Å².